The number of guanidine groups is 1. The highest BCUT2D eigenvalue weighted by molar-refractivity contribution is 7.89. The van der Waals surface area contributed by atoms with Gasteiger partial charge in [-0.25, -0.2) is 13.1 Å². The molecule has 0 bridgehead atoms. The molecule has 0 saturated carbocycles. The maximum Gasteiger partial charge on any atom is 0.211 e. The lowest BCUT2D eigenvalue weighted by atomic mass is 10.3. The van der Waals surface area contributed by atoms with E-state index < -0.39 is 10.0 Å². The molecule has 0 unspecified atom stereocenters. The van der Waals surface area contributed by atoms with Crippen LogP contribution in [0.25, 0.3) is 0 Å². The SMILES string of the molecule is CCNC(=NCCNS(=O)(=O)CC)N(C)CCOc1ccccc1. The summed E-state index contributed by atoms with van der Waals surface area (Å²) in [6.45, 7) is 6.21. The number of para-hydroxylation sites is 1. The number of nitrogens with one attached hydrogen (secondary N) is 2. The number of likely N-dealkylation sites (N-methyl/N-ethyl adjacent to an activating group) is 1. The number of hydrogen-bond donors (Lipinski definition) is 2. The van der Waals surface area contributed by atoms with E-state index in [2.05, 4.69) is 15.0 Å². The number of hydrogen-bond acceptors (Lipinski definition) is 4. The van der Waals surface area contributed by atoms with Gasteiger partial charge in [-0.15, -0.1) is 0 Å². The van der Waals surface area contributed by atoms with Gasteiger partial charge in [0.2, 0.25) is 10.0 Å². The molecule has 0 fully saturated rings. The number of rotatable bonds is 10. The fourth-order valence-electron chi connectivity index (χ4n) is 1.86. The lowest BCUT2D eigenvalue weighted by Crippen LogP contribution is -2.41. The van der Waals surface area contributed by atoms with Crippen LogP contribution < -0.4 is 14.8 Å². The molecule has 0 spiro atoms. The van der Waals surface area contributed by atoms with Gasteiger partial charge in [-0.3, -0.25) is 4.99 Å². The first-order valence-electron chi connectivity index (χ1n) is 8.13. The Kier molecular flexibility index (Phi) is 9.18. The van der Waals surface area contributed by atoms with Crippen LogP contribution in [0, 0.1) is 0 Å². The van der Waals surface area contributed by atoms with Crippen molar-refractivity contribution in [2.24, 2.45) is 4.99 Å². The molecule has 0 aliphatic rings. The number of benzene rings is 1. The molecule has 8 heteroatoms. The third-order valence-corrected chi connectivity index (χ3v) is 4.61. The summed E-state index contributed by atoms with van der Waals surface area (Å²) in [6.07, 6.45) is 0. The third-order valence-electron chi connectivity index (χ3n) is 3.21. The summed E-state index contributed by atoms with van der Waals surface area (Å²) in [6, 6.07) is 9.64. The van der Waals surface area contributed by atoms with E-state index in [9.17, 15) is 8.42 Å². The maximum atomic E-state index is 11.4. The van der Waals surface area contributed by atoms with Gasteiger partial charge >= 0.3 is 0 Å². The highest BCUT2D eigenvalue weighted by atomic mass is 32.2. The Hall–Kier alpha value is -1.80. The molecule has 0 atom stereocenters. The minimum Gasteiger partial charge on any atom is -0.492 e. The van der Waals surface area contributed by atoms with Crippen LogP contribution in [-0.2, 0) is 10.0 Å². The average molecular weight is 356 g/mol. The minimum absolute atomic E-state index is 0.0769. The van der Waals surface area contributed by atoms with Crippen molar-refractivity contribution in [2.75, 3.05) is 45.6 Å². The van der Waals surface area contributed by atoms with E-state index in [1.807, 2.05) is 49.2 Å². The van der Waals surface area contributed by atoms with Crippen molar-refractivity contribution in [1.82, 2.24) is 14.9 Å². The lowest BCUT2D eigenvalue weighted by Gasteiger charge is -2.22. The van der Waals surface area contributed by atoms with E-state index in [0.717, 1.165) is 18.3 Å². The molecular formula is C16H28N4O3S. The van der Waals surface area contributed by atoms with Crippen LogP contribution in [0.2, 0.25) is 0 Å². The van der Waals surface area contributed by atoms with Crippen LogP contribution in [0.4, 0.5) is 0 Å². The van der Waals surface area contributed by atoms with Gasteiger partial charge in [0.05, 0.1) is 18.8 Å². The van der Waals surface area contributed by atoms with Crippen LogP contribution in [0.15, 0.2) is 35.3 Å². The molecular weight excluding hydrogens is 328 g/mol. The van der Waals surface area contributed by atoms with Crippen molar-refractivity contribution in [3.05, 3.63) is 30.3 Å². The van der Waals surface area contributed by atoms with Crippen LogP contribution in [0.1, 0.15) is 13.8 Å². The smallest absolute Gasteiger partial charge is 0.211 e. The first-order valence-corrected chi connectivity index (χ1v) is 9.78. The van der Waals surface area contributed by atoms with Gasteiger partial charge in [0.15, 0.2) is 5.96 Å². The normalized spacial score (nSPS) is 12.0. The fraction of sp³-hybridized carbons (Fsp3) is 0.562. The summed E-state index contributed by atoms with van der Waals surface area (Å²) < 4.78 is 30.9. The van der Waals surface area contributed by atoms with Crippen LogP contribution in [0.3, 0.4) is 0 Å². The van der Waals surface area contributed by atoms with E-state index in [-0.39, 0.29) is 5.75 Å². The Morgan fingerprint density at radius 2 is 1.96 bits per heavy atom. The average Bonchev–Trinajstić information content (AvgIpc) is 2.58. The van der Waals surface area contributed by atoms with E-state index in [0.29, 0.717) is 26.2 Å². The molecule has 0 heterocycles. The van der Waals surface area contributed by atoms with Gasteiger partial charge in [0.1, 0.15) is 12.4 Å². The molecule has 0 aromatic heterocycles. The van der Waals surface area contributed by atoms with Crippen molar-refractivity contribution in [1.29, 1.82) is 0 Å². The van der Waals surface area contributed by atoms with Crippen molar-refractivity contribution < 1.29 is 13.2 Å². The van der Waals surface area contributed by atoms with Gasteiger partial charge in [-0.05, 0) is 26.0 Å². The van der Waals surface area contributed by atoms with Gasteiger partial charge in [0, 0.05) is 20.1 Å². The lowest BCUT2D eigenvalue weighted by molar-refractivity contribution is 0.281. The van der Waals surface area contributed by atoms with E-state index in [1.165, 1.54) is 0 Å². The van der Waals surface area contributed by atoms with Crippen molar-refractivity contribution in [2.45, 2.75) is 13.8 Å². The van der Waals surface area contributed by atoms with E-state index in [1.54, 1.807) is 6.92 Å². The van der Waals surface area contributed by atoms with Gasteiger partial charge in [-0.1, -0.05) is 18.2 Å². The van der Waals surface area contributed by atoms with Crippen LogP contribution in [-0.4, -0.2) is 64.9 Å². The van der Waals surface area contributed by atoms with Crippen molar-refractivity contribution in [3.63, 3.8) is 0 Å². The highest BCUT2D eigenvalue weighted by Gasteiger charge is 2.07. The summed E-state index contributed by atoms with van der Waals surface area (Å²) in [5.74, 6) is 1.64. The number of sulfonamides is 1. The molecule has 0 saturated heterocycles. The molecule has 136 valence electrons. The Morgan fingerprint density at radius 1 is 1.25 bits per heavy atom. The largest absolute Gasteiger partial charge is 0.492 e. The Bertz CT molecular complexity index is 591. The fourth-order valence-corrected chi connectivity index (χ4v) is 2.46. The van der Waals surface area contributed by atoms with Gasteiger partial charge in [-0.2, -0.15) is 0 Å². The standard InChI is InChI=1S/C16H28N4O3S/c1-4-17-16(18-11-12-19-24(21,22)5-2)20(3)13-14-23-15-9-7-6-8-10-15/h6-10,19H,4-5,11-14H2,1-3H3,(H,17,18). The number of nitrogens with zero attached hydrogens (tertiary/aromatic N) is 2. The molecule has 1 aromatic carbocycles. The predicted molar refractivity (Wildman–Crippen MR) is 98.0 cm³/mol. The topological polar surface area (TPSA) is 83.0 Å². The summed E-state index contributed by atoms with van der Waals surface area (Å²) in [4.78, 5) is 6.38. The minimum atomic E-state index is -3.17. The van der Waals surface area contributed by atoms with Crippen molar-refractivity contribution in [3.8, 4) is 5.75 Å². The maximum absolute atomic E-state index is 11.4. The summed E-state index contributed by atoms with van der Waals surface area (Å²) in [5.41, 5.74) is 0. The zero-order valence-corrected chi connectivity index (χ0v) is 15.5. The Balaban J connectivity index is 2.42. The number of aliphatic imine (C=N–C) groups is 1. The zero-order valence-electron chi connectivity index (χ0n) is 14.7. The molecule has 0 aliphatic heterocycles. The summed E-state index contributed by atoms with van der Waals surface area (Å²) in [5, 5.41) is 3.19. The molecule has 0 radical (unpaired) electrons. The van der Waals surface area contributed by atoms with E-state index >= 15 is 0 Å². The van der Waals surface area contributed by atoms with Crippen molar-refractivity contribution >= 4 is 16.0 Å². The van der Waals surface area contributed by atoms with Gasteiger partial charge in [0.25, 0.3) is 0 Å². The second kappa shape index (κ2) is 10.9. The number of ether oxygens (including phenoxy) is 1. The van der Waals surface area contributed by atoms with E-state index in [4.69, 9.17) is 4.74 Å². The summed E-state index contributed by atoms with van der Waals surface area (Å²) >= 11 is 0. The second-order valence-corrected chi connectivity index (χ2v) is 7.21. The van der Waals surface area contributed by atoms with Gasteiger partial charge < -0.3 is 15.0 Å². The van der Waals surface area contributed by atoms with Crippen LogP contribution in [0.5, 0.6) is 5.75 Å². The molecule has 0 aliphatic carbocycles. The second-order valence-electron chi connectivity index (χ2n) is 5.12. The molecule has 24 heavy (non-hydrogen) atoms. The highest BCUT2D eigenvalue weighted by Crippen LogP contribution is 2.07. The Morgan fingerprint density at radius 3 is 2.58 bits per heavy atom. The summed E-state index contributed by atoms with van der Waals surface area (Å²) in [7, 11) is -1.25. The third kappa shape index (κ3) is 8.16. The molecule has 1 rings (SSSR count). The predicted octanol–water partition coefficient (Wildman–Crippen LogP) is 0.902. The Labute approximate surface area is 145 Å². The van der Waals surface area contributed by atoms with Crippen LogP contribution >= 0.6 is 0 Å². The molecule has 0 amide bonds. The monoisotopic (exact) mass is 356 g/mol. The quantitative estimate of drug-likeness (QED) is 0.370. The molecule has 1 aromatic rings. The molecule has 7 nitrogen and oxygen atoms in total. The zero-order chi connectivity index (χ0) is 17.8. The first kappa shape index (κ1) is 20.2. The first-order chi connectivity index (χ1) is 11.5. The molecule has 2 N–H and O–H groups in total.